The molecule has 0 saturated heterocycles. The van der Waals surface area contributed by atoms with Crippen LogP contribution in [0.25, 0.3) is 0 Å². The van der Waals surface area contributed by atoms with Gasteiger partial charge in [-0.15, -0.1) is 0 Å². The molecule has 0 radical (unpaired) electrons. The molecule has 190 valence electrons. The third-order valence-corrected chi connectivity index (χ3v) is 5.27. The van der Waals surface area contributed by atoms with E-state index in [-0.39, 0.29) is 19.3 Å². The zero-order valence-corrected chi connectivity index (χ0v) is 19.7. The molecule has 0 aliphatic carbocycles. The lowest BCUT2D eigenvalue weighted by Gasteiger charge is -2.14. The molecule has 0 saturated carbocycles. The number of ether oxygens (including phenoxy) is 2. The second kappa shape index (κ2) is 20.3. The van der Waals surface area contributed by atoms with Crippen molar-refractivity contribution in [1.82, 2.24) is 0 Å². The van der Waals surface area contributed by atoms with E-state index in [0.717, 1.165) is 19.3 Å². The summed E-state index contributed by atoms with van der Waals surface area (Å²) in [6, 6.07) is 0. The number of hydrogen-bond acceptors (Lipinski definition) is 4. The van der Waals surface area contributed by atoms with E-state index in [0.29, 0.717) is 6.61 Å². The number of esters is 2. The minimum atomic E-state index is -4.36. The molecule has 0 aromatic carbocycles. The third-order valence-electron chi connectivity index (χ3n) is 5.27. The Morgan fingerprint density at radius 1 is 0.656 bits per heavy atom. The molecule has 0 aliphatic rings. The second-order valence-corrected chi connectivity index (χ2v) is 8.39. The van der Waals surface area contributed by atoms with Gasteiger partial charge in [0, 0.05) is 12.8 Å². The van der Waals surface area contributed by atoms with Crippen LogP contribution in [0.4, 0.5) is 17.6 Å². The fourth-order valence-corrected chi connectivity index (χ4v) is 3.24. The van der Waals surface area contributed by atoms with Gasteiger partial charge >= 0.3 is 24.3 Å². The van der Waals surface area contributed by atoms with E-state index >= 15 is 0 Å². The first-order chi connectivity index (χ1) is 15.3. The van der Waals surface area contributed by atoms with Crippen LogP contribution < -0.4 is 0 Å². The molecule has 0 amide bonds. The summed E-state index contributed by atoms with van der Waals surface area (Å²) in [7, 11) is 0. The molecule has 0 aliphatic heterocycles. The number of hydrogen-bond donors (Lipinski definition) is 0. The molecule has 0 unspecified atom stereocenters. The summed E-state index contributed by atoms with van der Waals surface area (Å²) in [5, 5.41) is 0. The lowest BCUT2D eigenvalue weighted by molar-refractivity contribution is -0.179. The monoisotopic (exact) mass is 470 g/mol. The van der Waals surface area contributed by atoms with Gasteiger partial charge < -0.3 is 9.47 Å². The van der Waals surface area contributed by atoms with E-state index < -0.39 is 30.9 Å². The Morgan fingerprint density at radius 3 is 1.50 bits per heavy atom. The Bertz CT molecular complexity index is 473. The van der Waals surface area contributed by atoms with Crippen molar-refractivity contribution in [3.63, 3.8) is 0 Å². The fourth-order valence-electron chi connectivity index (χ4n) is 3.24. The Morgan fingerprint density at radius 2 is 1.06 bits per heavy atom. The van der Waals surface area contributed by atoms with Gasteiger partial charge in [0.1, 0.15) is 0 Å². The first-order valence-electron chi connectivity index (χ1n) is 12.3. The molecular weight excluding hydrogens is 428 g/mol. The fraction of sp³-hybridized carbons (Fsp3) is 0.917. The number of rotatable bonds is 22. The molecule has 8 heteroatoms. The summed E-state index contributed by atoms with van der Waals surface area (Å²) in [6.07, 6.45) is 13.2. The van der Waals surface area contributed by atoms with Crippen molar-refractivity contribution >= 4 is 11.9 Å². The first kappa shape index (κ1) is 30.7. The van der Waals surface area contributed by atoms with E-state index in [1.807, 2.05) is 0 Å². The zero-order valence-electron chi connectivity index (χ0n) is 19.7. The summed E-state index contributed by atoms with van der Waals surface area (Å²) in [5.74, 6) is -5.86. The van der Waals surface area contributed by atoms with Crippen LogP contribution in [-0.4, -0.2) is 37.5 Å². The van der Waals surface area contributed by atoms with Crippen molar-refractivity contribution in [2.75, 3.05) is 13.2 Å². The molecule has 0 spiro atoms. The van der Waals surface area contributed by atoms with E-state index in [1.165, 1.54) is 70.6 Å². The summed E-state index contributed by atoms with van der Waals surface area (Å²) >= 11 is 0. The van der Waals surface area contributed by atoms with Gasteiger partial charge in [-0.25, -0.2) is 8.78 Å². The topological polar surface area (TPSA) is 52.6 Å². The van der Waals surface area contributed by atoms with Gasteiger partial charge in [0.25, 0.3) is 0 Å². The smallest absolute Gasteiger partial charge is 0.340 e. The summed E-state index contributed by atoms with van der Waals surface area (Å²) in [4.78, 5) is 22.8. The Hall–Kier alpha value is -1.34. The Labute approximate surface area is 190 Å². The lowest BCUT2D eigenvalue weighted by Crippen LogP contribution is -2.33. The molecule has 0 N–H and O–H groups in total. The second-order valence-electron chi connectivity index (χ2n) is 8.39. The maximum atomic E-state index is 12.6. The molecule has 0 aromatic heterocycles. The average Bonchev–Trinajstić information content (AvgIpc) is 2.75. The van der Waals surface area contributed by atoms with E-state index in [2.05, 4.69) is 11.7 Å². The highest BCUT2D eigenvalue weighted by molar-refractivity contribution is 5.72. The highest BCUT2D eigenvalue weighted by atomic mass is 19.3. The number of halogens is 4. The number of carbonyl (C=O) groups is 2. The van der Waals surface area contributed by atoms with Crippen LogP contribution in [0.3, 0.4) is 0 Å². The van der Waals surface area contributed by atoms with Gasteiger partial charge in [-0.1, -0.05) is 90.4 Å². The van der Waals surface area contributed by atoms with Gasteiger partial charge in [-0.05, 0) is 12.8 Å². The van der Waals surface area contributed by atoms with Crippen molar-refractivity contribution in [2.24, 2.45) is 0 Å². The van der Waals surface area contributed by atoms with Gasteiger partial charge in [-0.3, -0.25) is 9.59 Å². The molecule has 0 aromatic rings. The number of unbranched alkanes of at least 4 members (excludes halogenated alkanes) is 13. The molecule has 0 rings (SSSR count). The summed E-state index contributed by atoms with van der Waals surface area (Å²) < 4.78 is 58.4. The van der Waals surface area contributed by atoms with Crippen LogP contribution in [-0.2, 0) is 19.1 Å². The Balaban J connectivity index is 3.39. The molecule has 4 nitrogen and oxygen atoms in total. The van der Waals surface area contributed by atoms with Crippen LogP contribution in [0, 0.1) is 0 Å². The first-order valence-corrected chi connectivity index (χ1v) is 12.3. The molecular formula is C24H42F4O4. The maximum absolute atomic E-state index is 12.6. The predicted octanol–water partition coefficient (Wildman–Crippen LogP) is 7.62. The van der Waals surface area contributed by atoms with Crippen molar-refractivity contribution in [3.8, 4) is 0 Å². The predicted molar refractivity (Wildman–Crippen MR) is 117 cm³/mol. The molecule has 0 atom stereocenters. The Kier molecular flexibility index (Phi) is 19.4. The summed E-state index contributed by atoms with van der Waals surface area (Å²) in [6.45, 7) is 0.897. The van der Waals surface area contributed by atoms with Crippen LogP contribution in [0.5, 0.6) is 0 Å². The zero-order chi connectivity index (χ0) is 24.1. The lowest BCUT2D eigenvalue weighted by atomic mass is 10.0. The highest BCUT2D eigenvalue weighted by Crippen LogP contribution is 2.23. The largest absolute Gasteiger partial charge is 0.466 e. The molecule has 32 heavy (non-hydrogen) atoms. The van der Waals surface area contributed by atoms with Gasteiger partial charge in [0.15, 0.2) is 6.61 Å². The quantitative estimate of drug-likeness (QED) is 0.0927. The van der Waals surface area contributed by atoms with Gasteiger partial charge in [0.05, 0.1) is 6.61 Å². The van der Waals surface area contributed by atoms with Crippen LogP contribution in [0.15, 0.2) is 0 Å². The van der Waals surface area contributed by atoms with E-state index in [4.69, 9.17) is 4.74 Å². The minimum absolute atomic E-state index is 0.0427. The third kappa shape index (κ3) is 19.4. The molecule has 0 fully saturated rings. The van der Waals surface area contributed by atoms with Crippen molar-refractivity contribution in [2.45, 2.75) is 128 Å². The SMILES string of the molecule is CCCCCCCCCCCCCCCCOC(=O)CCCC(=O)OCC(F)(F)C(F)F. The van der Waals surface area contributed by atoms with Crippen LogP contribution in [0.1, 0.15) is 116 Å². The molecule has 0 heterocycles. The van der Waals surface area contributed by atoms with Crippen molar-refractivity contribution in [1.29, 1.82) is 0 Å². The number of alkyl halides is 4. The van der Waals surface area contributed by atoms with Gasteiger partial charge in [-0.2, -0.15) is 8.78 Å². The van der Waals surface area contributed by atoms with Gasteiger partial charge in [0.2, 0.25) is 0 Å². The van der Waals surface area contributed by atoms with Crippen LogP contribution in [0.2, 0.25) is 0 Å². The minimum Gasteiger partial charge on any atom is -0.466 e. The van der Waals surface area contributed by atoms with E-state index in [1.54, 1.807) is 0 Å². The summed E-state index contributed by atoms with van der Waals surface area (Å²) in [5.41, 5.74) is 0. The standard InChI is InChI=1S/C24H42F4O4/c1-2-3-4-5-6-7-8-9-10-11-12-13-14-15-19-31-21(29)17-16-18-22(30)32-20-24(27,28)23(25)26/h23H,2-20H2,1H3. The number of carbonyl (C=O) groups excluding carboxylic acids is 2. The molecule has 0 bridgehead atoms. The van der Waals surface area contributed by atoms with Crippen molar-refractivity contribution < 1.29 is 36.6 Å². The van der Waals surface area contributed by atoms with Crippen molar-refractivity contribution in [3.05, 3.63) is 0 Å². The highest BCUT2D eigenvalue weighted by Gasteiger charge is 2.42. The van der Waals surface area contributed by atoms with E-state index in [9.17, 15) is 27.2 Å². The average molecular weight is 471 g/mol. The van der Waals surface area contributed by atoms with Crippen LogP contribution >= 0.6 is 0 Å². The maximum Gasteiger partial charge on any atom is 0.340 e. The normalized spacial score (nSPS) is 11.7.